The van der Waals surface area contributed by atoms with Crippen molar-refractivity contribution < 1.29 is 9.59 Å². The van der Waals surface area contributed by atoms with E-state index in [0.717, 1.165) is 5.01 Å². The maximum absolute atomic E-state index is 12.1. The highest BCUT2D eigenvalue weighted by Gasteiger charge is 2.35. The van der Waals surface area contributed by atoms with E-state index < -0.39 is 0 Å². The second-order valence-electron chi connectivity index (χ2n) is 3.97. The monoisotopic (exact) mass is 274 g/mol. The Balaban J connectivity index is 0.00000133. The van der Waals surface area contributed by atoms with Crippen molar-refractivity contribution >= 4 is 29.9 Å². The number of amides is 2. The van der Waals surface area contributed by atoms with Gasteiger partial charge in [0.05, 0.1) is 16.8 Å². The summed E-state index contributed by atoms with van der Waals surface area (Å²) in [5.41, 5.74) is 4.39. The van der Waals surface area contributed by atoms with E-state index in [4.69, 9.17) is 0 Å². The number of imide groups is 1. The first kappa shape index (κ1) is 13.1. The molecule has 0 saturated heterocycles. The lowest BCUT2D eigenvalue weighted by Gasteiger charge is -2.16. The predicted molar refractivity (Wildman–Crippen MR) is 74.3 cm³/mol. The molecule has 0 radical (unpaired) electrons. The minimum atomic E-state index is -0.320. The Hall–Kier alpha value is -2.33. The third-order valence-electron chi connectivity index (χ3n) is 2.81. The molecule has 0 aliphatic carbocycles. The quantitative estimate of drug-likeness (QED) is 0.857. The van der Waals surface area contributed by atoms with Gasteiger partial charge in [-0.3, -0.25) is 15.0 Å². The van der Waals surface area contributed by atoms with E-state index in [0.29, 0.717) is 16.8 Å². The molecule has 4 nitrogen and oxygen atoms in total. The number of anilines is 1. The second-order valence-corrected chi connectivity index (χ2v) is 3.97. The van der Waals surface area contributed by atoms with Gasteiger partial charge in [-0.2, -0.15) is 5.01 Å². The SMILES string of the molecule is Cl.O=C1c2ccccc2C(=O)N1Nc1ccccc1. The van der Waals surface area contributed by atoms with Gasteiger partial charge in [-0.1, -0.05) is 30.3 Å². The van der Waals surface area contributed by atoms with Crippen molar-refractivity contribution in [2.75, 3.05) is 5.43 Å². The van der Waals surface area contributed by atoms with E-state index in [-0.39, 0.29) is 24.2 Å². The van der Waals surface area contributed by atoms with Crippen molar-refractivity contribution in [2.45, 2.75) is 0 Å². The van der Waals surface area contributed by atoms with Crippen molar-refractivity contribution in [3.8, 4) is 0 Å². The molecular weight excluding hydrogens is 264 g/mol. The number of para-hydroxylation sites is 1. The third kappa shape index (κ3) is 2.18. The van der Waals surface area contributed by atoms with Gasteiger partial charge in [0.2, 0.25) is 0 Å². The summed E-state index contributed by atoms with van der Waals surface area (Å²) in [5, 5.41) is 1.04. The zero-order valence-corrected chi connectivity index (χ0v) is 10.7. The van der Waals surface area contributed by atoms with Crippen LogP contribution >= 0.6 is 12.4 Å². The van der Waals surface area contributed by atoms with E-state index in [1.165, 1.54) is 0 Å². The van der Waals surface area contributed by atoms with Crippen LogP contribution in [0.25, 0.3) is 0 Å². The van der Waals surface area contributed by atoms with Crippen LogP contribution in [0, 0.1) is 0 Å². The van der Waals surface area contributed by atoms with Crippen LogP contribution in [0.4, 0.5) is 5.69 Å². The molecule has 0 bridgehead atoms. The number of halogens is 1. The molecular formula is C14H11ClN2O2. The molecule has 19 heavy (non-hydrogen) atoms. The fourth-order valence-electron chi connectivity index (χ4n) is 1.93. The molecule has 0 fully saturated rings. The molecule has 1 heterocycles. The fourth-order valence-corrected chi connectivity index (χ4v) is 1.93. The Morgan fingerprint density at radius 3 is 1.74 bits per heavy atom. The highest BCUT2D eigenvalue weighted by Crippen LogP contribution is 2.23. The summed E-state index contributed by atoms with van der Waals surface area (Å²) in [6.45, 7) is 0. The number of rotatable bonds is 2. The first-order valence-corrected chi connectivity index (χ1v) is 5.57. The van der Waals surface area contributed by atoms with E-state index in [1.54, 1.807) is 36.4 Å². The predicted octanol–water partition coefficient (Wildman–Crippen LogP) is 2.73. The zero-order chi connectivity index (χ0) is 12.5. The largest absolute Gasteiger partial charge is 0.288 e. The maximum Gasteiger partial charge on any atom is 0.280 e. The van der Waals surface area contributed by atoms with Crippen molar-refractivity contribution in [2.24, 2.45) is 0 Å². The second kappa shape index (κ2) is 5.12. The van der Waals surface area contributed by atoms with Gasteiger partial charge in [0, 0.05) is 0 Å². The van der Waals surface area contributed by atoms with Gasteiger partial charge >= 0.3 is 0 Å². The van der Waals surface area contributed by atoms with Crippen LogP contribution in [-0.2, 0) is 0 Å². The van der Waals surface area contributed by atoms with Gasteiger partial charge in [-0.05, 0) is 24.3 Å². The molecule has 0 spiro atoms. The molecule has 0 unspecified atom stereocenters. The topological polar surface area (TPSA) is 49.4 Å². The van der Waals surface area contributed by atoms with Crippen LogP contribution in [0.2, 0.25) is 0 Å². The number of hydrazine groups is 1. The van der Waals surface area contributed by atoms with Crippen LogP contribution in [0.1, 0.15) is 20.7 Å². The molecule has 2 aromatic carbocycles. The van der Waals surface area contributed by atoms with E-state index in [2.05, 4.69) is 5.43 Å². The first-order chi connectivity index (χ1) is 8.77. The van der Waals surface area contributed by atoms with Crippen LogP contribution < -0.4 is 5.43 Å². The minimum Gasteiger partial charge on any atom is -0.288 e. The number of carbonyl (C=O) groups is 2. The fraction of sp³-hybridized carbons (Fsp3) is 0. The van der Waals surface area contributed by atoms with Crippen LogP contribution in [0.5, 0.6) is 0 Å². The van der Waals surface area contributed by atoms with Crippen LogP contribution in [0.3, 0.4) is 0 Å². The van der Waals surface area contributed by atoms with Gasteiger partial charge < -0.3 is 0 Å². The highest BCUT2D eigenvalue weighted by molar-refractivity contribution is 6.21. The molecule has 96 valence electrons. The molecule has 1 N–H and O–H groups in total. The van der Waals surface area contributed by atoms with Gasteiger partial charge in [0.15, 0.2) is 0 Å². The number of benzene rings is 2. The summed E-state index contributed by atoms with van der Waals surface area (Å²) in [7, 11) is 0. The number of carbonyl (C=O) groups excluding carboxylic acids is 2. The first-order valence-electron chi connectivity index (χ1n) is 5.57. The average molecular weight is 275 g/mol. The molecule has 2 aromatic rings. The van der Waals surface area contributed by atoms with Crippen molar-refractivity contribution in [3.05, 3.63) is 65.7 Å². The summed E-state index contributed by atoms with van der Waals surface area (Å²) >= 11 is 0. The molecule has 1 aliphatic heterocycles. The van der Waals surface area contributed by atoms with Gasteiger partial charge in [-0.15, -0.1) is 12.4 Å². The van der Waals surface area contributed by atoms with Crippen molar-refractivity contribution in [3.63, 3.8) is 0 Å². The third-order valence-corrected chi connectivity index (χ3v) is 2.81. The van der Waals surface area contributed by atoms with Crippen molar-refractivity contribution in [1.29, 1.82) is 0 Å². The smallest absolute Gasteiger partial charge is 0.280 e. The van der Waals surface area contributed by atoms with Crippen LogP contribution in [-0.4, -0.2) is 16.8 Å². The highest BCUT2D eigenvalue weighted by atomic mass is 35.5. The van der Waals surface area contributed by atoms with Gasteiger partial charge in [0.25, 0.3) is 11.8 Å². The number of fused-ring (bicyclic) bond motifs is 1. The lowest BCUT2D eigenvalue weighted by Crippen LogP contribution is -2.35. The Bertz CT molecular complexity index is 593. The normalized spacial score (nSPS) is 12.9. The summed E-state index contributed by atoms with van der Waals surface area (Å²) in [4.78, 5) is 24.1. The Labute approximate surface area is 116 Å². The summed E-state index contributed by atoms with van der Waals surface area (Å²) in [6.07, 6.45) is 0. The lowest BCUT2D eigenvalue weighted by molar-refractivity contribution is 0.0691. The van der Waals surface area contributed by atoms with E-state index >= 15 is 0 Å². The Kier molecular flexibility index (Phi) is 3.53. The number of nitrogens with one attached hydrogen (secondary N) is 1. The maximum atomic E-state index is 12.1. The standard InChI is InChI=1S/C14H10N2O2.ClH/c17-13-11-8-4-5-9-12(11)14(18)16(13)15-10-6-2-1-3-7-10;/h1-9,15H;1H. The molecule has 3 rings (SSSR count). The minimum absolute atomic E-state index is 0. The summed E-state index contributed by atoms with van der Waals surface area (Å²) < 4.78 is 0. The Morgan fingerprint density at radius 2 is 1.21 bits per heavy atom. The van der Waals surface area contributed by atoms with Gasteiger partial charge in [0.1, 0.15) is 0 Å². The van der Waals surface area contributed by atoms with Crippen LogP contribution in [0.15, 0.2) is 54.6 Å². The number of hydrogen-bond acceptors (Lipinski definition) is 3. The Morgan fingerprint density at radius 1 is 0.737 bits per heavy atom. The molecule has 0 atom stereocenters. The molecule has 0 saturated carbocycles. The van der Waals surface area contributed by atoms with Crippen molar-refractivity contribution in [1.82, 2.24) is 5.01 Å². The number of hydrogen-bond donors (Lipinski definition) is 1. The summed E-state index contributed by atoms with van der Waals surface area (Å²) in [6, 6.07) is 15.9. The van der Waals surface area contributed by atoms with E-state index in [9.17, 15) is 9.59 Å². The van der Waals surface area contributed by atoms with Gasteiger partial charge in [-0.25, -0.2) is 0 Å². The average Bonchev–Trinajstić information content (AvgIpc) is 2.66. The lowest BCUT2D eigenvalue weighted by atomic mass is 10.1. The molecule has 2 amide bonds. The van der Waals surface area contributed by atoms with E-state index in [1.807, 2.05) is 18.2 Å². The molecule has 0 aromatic heterocycles. The number of nitrogens with zero attached hydrogens (tertiary/aromatic N) is 1. The summed E-state index contributed by atoms with van der Waals surface area (Å²) in [5.74, 6) is -0.640. The molecule has 1 aliphatic rings. The molecule has 5 heteroatoms. The zero-order valence-electron chi connectivity index (χ0n) is 9.87.